The molecule has 1 aliphatic rings. The molecule has 0 fully saturated rings. The van der Waals surface area contributed by atoms with Crippen LogP contribution in [0.5, 0.6) is 5.75 Å². The number of phosphoric acid groups is 1. The monoisotopic (exact) mass is 526 g/mol. The molecule has 37 heavy (non-hydrogen) atoms. The van der Waals surface area contributed by atoms with Crippen molar-refractivity contribution >= 4 is 19.4 Å². The van der Waals surface area contributed by atoms with E-state index in [2.05, 4.69) is 0 Å². The second-order valence-electron chi connectivity index (χ2n) is 8.37. The summed E-state index contributed by atoms with van der Waals surface area (Å²) in [6, 6.07) is 22.5. The van der Waals surface area contributed by atoms with Crippen LogP contribution in [0.1, 0.15) is 22.6 Å². The van der Waals surface area contributed by atoms with Gasteiger partial charge in [0.05, 0.1) is 25.3 Å². The summed E-state index contributed by atoms with van der Waals surface area (Å²) in [5.41, 5.74) is -0.0109. The smallest absolute Gasteiger partial charge is 0.475 e. The van der Waals surface area contributed by atoms with Gasteiger partial charge < -0.3 is 9.64 Å². The maximum Gasteiger partial charge on any atom is 0.475 e. The third-order valence-corrected chi connectivity index (χ3v) is 7.79. The predicted octanol–water partition coefficient (Wildman–Crippen LogP) is 4.92. The molecule has 1 aliphatic heterocycles. The van der Waals surface area contributed by atoms with Gasteiger partial charge in [-0.25, -0.2) is 4.57 Å². The molecule has 11 heteroatoms. The van der Waals surface area contributed by atoms with Gasteiger partial charge >= 0.3 is 7.82 Å². The highest BCUT2D eigenvalue weighted by Crippen LogP contribution is 2.61. The lowest BCUT2D eigenvalue weighted by molar-refractivity contribution is -0.486. The van der Waals surface area contributed by atoms with Crippen molar-refractivity contribution in [1.29, 1.82) is 0 Å². The van der Waals surface area contributed by atoms with Crippen molar-refractivity contribution in [3.05, 3.63) is 106 Å². The van der Waals surface area contributed by atoms with Gasteiger partial charge in [-0.05, 0) is 29.3 Å². The summed E-state index contributed by atoms with van der Waals surface area (Å²) >= 11 is 0. The molecule has 4 rings (SSSR count). The highest BCUT2D eigenvalue weighted by Gasteiger charge is 2.62. The van der Waals surface area contributed by atoms with Crippen LogP contribution in [-0.2, 0) is 35.1 Å². The van der Waals surface area contributed by atoms with E-state index in [0.29, 0.717) is 22.6 Å². The zero-order valence-electron chi connectivity index (χ0n) is 20.6. The first kappa shape index (κ1) is 26.5. The summed E-state index contributed by atoms with van der Waals surface area (Å²) in [5.74, 6) is -1.11. The number of hydrogen-bond donors (Lipinski definition) is 0. The van der Waals surface area contributed by atoms with Gasteiger partial charge in [-0.3, -0.25) is 28.5 Å². The Balaban J connectivity index is 1.93. The Morgan fingerprint density at radius 1 is 0.946 bits per heavy atom. The molecule has 10 nitrogen and oxygen atoms in total. The van der Waals surface area contributed by atoms with Gasteiger partial charge in [0.1, 0.15) is 5.75 Å². The highest BCUT2D eigenvalue weighted by atomic mass is 31.2. The van der Waals surface area contributed by atoms with Crippen LogP contribution in [0.2, 0.25) is 0 Å². The van der Waals surface area contributed by atoms with Gasteiger partial charge in [-0.1, -0.05) is 60.7 Å². The minimum Gasteiger partial charge on any atom is -0.497 e. The normalized spacial score (nSPS) is 17.9. The fourth-order valence-corrected chi connectivity index (χ4v) is 5.59. The summed E-state index contributed by atoms with van der Waals surface area (Å²) < 4.78 is 34.8. The first-order valence-electron chi connectivity index (χ1n) is 11.4. The van der Waals surface area contributed by atoms with Gasteiger partial charge in [0.2, 0.25) is 6.54 Å². The van der Waals surface area contributed by atoms with E-state index < -0.39 is 36.7 Å². The number of carbonyl (C=O) groups is 1. The van der Waals surface area contributed by atoms with Crippen LogP contribution < -0.4 is 9.64 Å². The number of benzene rings is 3. The Labute approximate surface area is 214 Å². The van der Waals surface area contributed by atoms with Crippen LogP contribution in [0.3, 0.4) is 0 Å². The first-order chi connectivity index (χ1) is 17.8. The Morgan fingerprint density at radius 2 is 1.57 bits per heavy atom. The van der Waals surface area contributed by atoms with Gasteiger partial charge in [-0.2, -0.15) is 0 Å². The maximum atomic E-state index is 14.4. The number of methoxy groups -OCH3 is 1. The Hall–Kier alpha value is -3.56. The number of nitrogens with zero attached hydrogens (tertiary/aromatic N) is 2. The summed E-state index contributed by atoms with van der Waals surface area (Å²) in [4.78, 5) is 27.3. The zero-order chi connectivity index (χ0) is 26.6. The number of ether oxygens (including phenoxy) is 1. The quantitative estimate of drug-likeness (QED) is 0.196. The van der Waals surface area contributed by atoms with Crippen molar-refractivity contribution in [3.8, 4) is 5.75 Å². The number of fused-ring (bicyclic) bond motifs is 1. The van der Waals surface area contributed by atoms with E-state index in [1.807, 2.05) is 12.1 Å². The summed E-state index contributed by atoms with van der Waals surface area (Å²) in [6.45, 7) is -0.539. The zero-order valence-corrected chi connectivity index (χ0v) is 21.5. The number of hydrogen-bond acceptors (Lipinski definition) is 8. The lowest BCUT2D eigenvalue weighted by Gasteiger charge is -2.36. The van der Waals surface area contributed by atoms with Crippen molar-refractivity contribution in [1.82, 2.24) is 0 Å². The number of carbonyl (C=O) groups excluding carboxylic acids is 1. The Bertz CT molecular complexity index is 1310. The van der Waals surface area contributed by atoms with E-state index in [1.54, 1.807) is 73.8 Å². The average molecular weight is 526 g/mol. The minimum atomic E-state index is -4.31. The fraction of sp³-hybridized carbons (Fsp3) is 0.269. The molecule has 0 spiro atoms. The van der Waals surface area contributed by atoms with Crippen LogP contribution >= 0.6 is 7.82 Å². The van der Waals surface area contributed by atoms with Crippen LogP contribution in [0.15, 0.2) is 78.9 Å². The topological polar surface area (TPSA) is 117 Å². The third-order valence-electron chi connectivity index (χ3n) is 6.38. The second-order valence-corrected chi connectivity index (χ2v) is 10.2. The number of phosphoric ester groups is 1. The molecule has 0 unspecified atom stereocenters. The lowest BCUT2D eigenvalue weighted by atomic mass is 9.78. The molecule has 0 radical (unpaired) electrons. The molecule has 3 aromatic rings. The SMILES string of the molecule is COc1ccc(CN2C(=O)[C@@](OP(=O)(OC)OC)([C@@H](C[N+](=O)[O-])c3ccccc3)c3ccccc32)cc1. The largest absolute Gasteiger partial charge is 0.497 e. The molecule has 1 amide bonds. The van der Waals surface area contributed by atoms with Crippen molar-refractivity contribution in [2.24, 2.45) is 0 Å². The highest BCUT2D eigenvalue weighted by molar-refractivity contribution is 7.48. The summed E-state index contributed by atoms with van der Waals surface area (Å²) in [6.07, 6.45) is 0. The van der Waals surface area contributed by atoms with E-state index >= 15 is 0 Å². The Morgan fingerprint density at radius 3 is 2.16 bits per heavy atom. The molecule has 3 aromatic carbocycles. The number of nitro groups is 1. The summed E-state index contributed by atoms with van der Waals surface area (Å²) in [5, 5.41) is 11.9. The molecule has 0 aliphatic carbocycles. The first-order valence-corrected chi connectivity index (χ1v) is 12.9. The molecule has 1 heterocycles. The maximum absolute atomic E-state index is 14.4. The van der Waals surface area contributed by atoms with E-state index in [9.17, 15) is 19.5 Å². The van der Waals surface area contributed by atoms with E-state index in [-0.39, 0.29) is 6.54 Å². The van der Waals surface area contributed by atoms with Gasteiger partial charge in [-0.15, -0.1) is 0 Å². The van der Waals surface area contributed by atoms with E-state index in [4.69, 9.17) is 18.3 Å². The average Bonchev–Trinajstić information content (AvgIpc) is 3.15. The van der Waals surface area contributed by atoms with Crippen molar-refractivity contribution in [2.45, 2.75) is 18.1 Å². The number of rotatable bonds is 11. The molecule has 0 saturated heterocycles. The molecular weight excluding hydrogens is 499 g/mol. The second kappa shape index (κ2) is 10.8. The van der Waals surface area contributed by atoms with Crippen LogP contribution in [-0.4, -0.2) is 38.7 Å². The van der Waals surface area contributed by atoms with Crippen molar-refractivity contribution in [2.75, 3.05) is 32.8 Å². The Kier molecular flexibility index (Phi) is 7.75. The number of amides is 1. The molecule has 0 N–H and O–H groups in total. The molecule has 2 atom stereocenters. The molecule has 0 bridgehead atoms. The van der Waals surface area contributed by atoms with E-state index in [0.717, 1.165) is 19.8 Å². The minimum absolute atomic E-state index is 0.134. The van der Waals surface area contributed by atoms with Crippen LogP contribution in [0.4, 0.5) is 5.69 Å². The van der Waals surface area contributed by atoms with Crippen molar-refractivity contribution in [3.63, 3.8) is 0 Å². The lowest BCUT2D eigenvalue weighted by Crippen LogP contribution is -2.48. The van der Waals surface area contributed by atoms with Crippen LogP contribution in [0, 0.1) is 10.1 Å². The fourth-order valence-electron chi connectivity index (χ4n) is 4.64. The molecule has 194 valence electrons. The van der Waals surface area contributed by atoms with Crippen molar-refractivity contribution < 1.29 is 32.6 Å². The van der Waals surface area contributed by atoms with Crippen LogP contribution in [0.25, 0.3) is 0 Å². The van der Waals surface area contributed by atoms with Gasteiger partial charge in [0, 0.05) is 24.7 Å². The number of para-hydroxylation sites is 1. The van der Waals surface area contributed by atoms with E-state index in [1.165, 1.54) is 4.90 Å². The molecule has 0 aromatic heterocycles. The standard InChI is InChI=1S/C26H27N2O8P/c1-33-21-15-13-19(14-16-21)17-27-24-12-8-7-11-22(24)26(25(27)29,36-37(32,34-2)35-3)23(18-28(30)31)20-9-5-4-6-10-20/h4-16,23H,17-18H2,1-3H3/t23-,26-/m0/s1. The van der Waals surface area contributed by atoms with Gasteiger partial charge in [0.25, 0.3) is 5.91 Å². The van der Waals surface area contributed by atoms with Gasteiger partial charge in [0.15, 0.2) is 5.60 Å². The molecule has 0 saturated carbocycles. The summed E-state index contributed by atoms with van der Waals surface area (Å²) in [7, 11) is -0.496. The third kappa shape index (κ3) is 5.01. The number of anilines is 1. The predicted molar refractivity (Wildman–Crippen MR) is 136 cm³/mol. The molecular formula is C26H27N2O8P.